The zero-order valence-electron chi connectivity index (χ0n) is 12.4. The summed E-state index contributed by atoms with van der Waals surface area (Å²) in [5.41, 5.74) is 8.13. The third-order valence-corrected chi connectivity index (χ3v) is 4.41. The normalized spacial score (nSPS) is 23.6. The average Bonchev–Trinajstić information content (AvgIpc) is 2.41. The minimum absolute atomic E-state index is 0.690. The number of nitrogens with two attached hydrogens (primary N) is 1. The van der Waals surface area contributed by atoms with Crippen molar-refractivity contribution in [3.63, 3.8) is 0 Å². The molecule has 2 N–H and O–H groups in total. The Labute approximate surface area is 116 Å². The number of methoxy groups -OCH3 is 1. The van der Waals surface area contributed by atoms with Crippen LogP contribution in [0, 0.1) is 5.92 Å². The van der Waals surface area contributed by atoms with Gasteiger partial charge in [-0.3, -0.25) is 4.90 Å². The fraction of sp³-hybridized carbons (Fsp3) is 0.625. The van der Waals surface area contributed by atoms with Gasteiger partial charge in [0.25, 0.3) is 0 Å². The average molecular weight is 262 g/mol. The number of benzene rings is 1. The quantitative estimate of drug-likeness (QED) is 0.846. The van der Waals surface area contributed by atoms with Gasteiger partial charge < -0.3 is 10.5 Å². The van der Waals surface area contributed by atoms with Crippen molar-refractivity contribution in [3.8, 4) is 5.75 Å². The van der Waals surface area contributed by atoms with E-state index in [1.165, 1.54) is 31.2 Å². The fourth-order valence-electron chi connectivity index (χ4n) is 3.18. The van der Waals surface area contributed by atoms with Crippen LogP contribution in [0.15, 0.2) is 18.2 Å². The van der Waals surface area contributed by atoms with Crippen molar-refractivity contribution in [3.05, 3.63) is 23.8 Å². The van der Waals surface area contributed by atoms with Gasteiger partial charge >= 0.3 is 0 Å². The monoisotopic (exact) mass is 262 g/mol. The molecule has 1 aliphatic carbocycles. The molecule has 0 aliphatic heterocycles. The summed E-state index contributed by atoms with van der Waals surface area (Å²) in [6, 6.07) is 6.67. The standard InChI is InChI=1S/C16H26N2O/c1-12-6-4-5-7-16(12)18(2)11-13-8-9-14(19-3)10-15(13)17/h8-10,12,16H,4-7,11,17H2,1-3H3. The van der Waals surface area contributed by atoms with Crippen molar-refractivity contribution >= 4 is 5.69 Å². The van der Waals surface area contributed by atoms with E-state index in [1.807, 2.05) is 12.1 Å². The van der Waals surface area contributed by atoms with Crippen LogP contribution in [0.5, 0.6) is 5.75 Å². The molecule has 1 fully saturated rings. The van der Waals surface area contributed by atoms with E-state index in [1.54, 1.807) is 7.11 Å². The molecule has 1 saturated carbocycles. The molecule has 0 bridgehead atoms. The van der Waals surface area contributed by atoms with Crippen LogP contribution in [-0.4, -0.2) is 25.1 Å². The van der Waals surface area contributed by atoms with Gasteiger partial charge in [-0.15, -0.1) is 0 Å². The third-order valence-electron chi connectivity index (χ3n) is 4.41. The first kappa shape index (κ1) is 14.2. The Bertz CT molecular complexity index is 419. The molecule has 0 saturated heterocycles. The molecule has 2 atom stereocenters. The zero-order valence-corrected chi connectivity index (χ0v) is 12.4. The Balaban J connectivity index is 2.03. The van der Waals surface area contributed by atoms with E-state index in [0.29, 0.717) is 6.04 Å². The van der Waals surface area contributed by atoms with Crippen LogP contribution in [0.3, 0.4) is 0 Å². The summed E-state index contributed by atoms with van der Waals surface area (Å²) >= 11 is 0. The molecule has 0 aromatic heterocycles. The Kier molecular flexibility index (Phi) is 4.70. The van der Waals surface area contributed by atoms with Gasteiger partial charge in [0.1, 0.15) is 5.75 Å². The van der Waals surface area contributed by atoms with Gasteiger partial charge in [-0.05, 0) is 37.4 Å². The van der Waals surface area contributed by atoms with E-state index in [0.717, 1.165) is 23.9 Å². The van der Waals surface area contributed by atoms with E-state index in [2.05, 4.69) is 24.9 Å². The maximum Gasteiger partial charge on any atom is 0.120 e. The molecule has 1 aromatic rings. The number of hydrogen-bond donors (Lipinski definition) is 1. The number of ether oxygens (including phenoxy) is 1. The second kappa shape index (κ2) is 6.29. The van der Waals surface area contributed by atoms with E-state index < -0.39 is 0 Å². The lowest BCUT2D eigenvalue weighted by molar-refractivity contribution is 0.133. The largest absolute Gasteiger partial charge is 0.497 e. The molecule has 0 amide bonds. The van der Waals surface area contributed by atoms with E-state index >= 15 is 0 Å². The molecule has 2 rings (SSSR count). The SMILES string of the molecule is COc1ccc(CN(C)C2CCCCC2C)c(N)c1. The summed E-state index contributed by atoms with van der Waals surface area (Å²) in [6.07, 6.45) is 5.41. The molecule has 1 aliphatic rings. The minimum Gasteiger partial charge on any atom is -0.497 e. The number of nitrogen functional groups attached to an aromatic ring is 1. The van der Waals surface area contributed by atoms with Crippen LogP contribution >= 0.6 is 0 Å². The highest BCUT2D eigenvalue weighted by Gasteiger charge is 2.25. The van der Waals surface area contributed by atoms with E-state index in [4.69, 9.17) is 10.5 Å². The summed E-state index contributed by atoms with van der Waals surface area (Å²) in [6.45, 7) is 3.29. The number of anilines is 1. The van der Waals surface area contributed by atoms with Crippen molar-refractivity contribution in [2.45, 2.75) is 45.2 Å². The van der Waals surface area contributed by atoms with Crippen molar-refractivity contribution in [2.75, 3.05) is 19.9 Å². The Morgan fingerprint density at radius 2 is 2.05 bits per heavy atom. The van der Waals surface area contributed by atoms with Crippen LogP contribution < -0.4 is 10.5 Å². The molecule has 3 heteroatoms. The van der Waals surface area contributed by atoms with E-state index in [-0.39, 0.29) is 0 Å². The summed E-state index contributed by atoms with van der Waals surface area (Å²) in [5.74, 6) is 1.62. The predicted molar refractivity (Wildman–Crippen MR) is 80.3 cm³/mol. The molecule has 0 heterocycles. The lowest BCUT2D eigenvalue weighted by Crippen LogP contribution is -2.38. The van der Waals surface area contributed by atoms with Gasteiger partial charge in [-0.2, -0.15) is 0 Å². The summed E-state index contributed by atoms with van der Waals surface area (Å²) in [5, 5.41) is 0. The highest BCUT2D eigenvalue weighted by molar-refractivity contribution is 5.51. The lowest BCUT2D eigenvalue weighted by atomic mass is 9.85. The van der Waals surface area contributed by atoms with Gasteiger partial charge in [-0.1, -0.05) is 25.8 Å². The molecule has 3 nitrogen and oxygen atoms in total. The van der Waals surface area contributed by atoms with Gasteiger partial charge in [0.2, 0.25) is 0 Å². The molecule has 0 spiro atoms. The van der Waals surface area contributed by atoms with E-state index in [9.17, 15) is 0 Å². The first-order valence-corrected chi connectivity index (χ1v) is 7.24. The third kappa shape index (κ3) is 3.41. The highest BCUT2D eigenvalue weighted by Crippen LogP contribution is 2.29. The number of hydrogen-bond acceptors (Lipinski definition) is 3. The van der Waals surface area contributed by atoms with Crippen LogP contribution in [0.25, 0.3) is 0 Å². The first-order valence-electron chi connectivity index (χ1n) is 7.24. The molecular formula is C16H26N2O. The number of nitrogens with zero attached hydrogens (tertiary/aromatic N) is 1. The Hall–Kier alpha value is -1.22. The molecule has 106 valence electrons. The second-order valence-electron chi connectivity index (χ2n) is 5.81. The molecule has 19 heavy (non-hydrogen) atoms. The van der Waals surface area contributed by atoms with Crippen molar-refractivity contribution in [2.24, 2.45) is 5.92 Å². The summed E-state index contributed by atoms with van der Waals surface area (Å²) < 4.78 is 5.19. The highest BCUT2D eigenvalue weighted by atomic mass is 16.5. The smallest absolute Gasteiger partial charge is 0.120 e. The van der Waals surface area contributed by atoms with Crippen LogP contribution in [0.2, 0.25) is 0 Å². The second-order valence-corrected chi connectivity index (χ2v) is 5.81. The lowest BCUT2D eigenvalue weighted by Gasteiger charge is -2.36. The Morgan fingerprint density at radius 1 is 1.32 bits per heavy atom. The number of rotatable bonds is 4. The maximum absolute atomic E-state index is 6.10. The molecule has 1 aromatic carbocycles. The van der Waals surface area contributed by atoms with Crippen LogP contribution in [-0.2, 0) is 6.54 Å². The molecular weight excluding hydrogens is 236 g/mol. The predicted octanol–water partition coefficient (Wildman–Crippen LogP) is 3.29. The van der Waals surface area contributed by atoms with Crippen molar-refractivity contribution < 1.29 is 4.74 Å². The molecule has 0 radical (unpaired) electrons. The van der Waals surface area contributed by atoms with Crippen LogP contribution in [0.1, 0.15) is 38.2 Å². The van der Waals surface area contributed by atoms with Gasteiger partial charge in [-0.25, -0.2) is 0 Å². The van der Waals surface area contributed by atoms with Crippen LogP contribution in [0.4, 0.5) is 5.69 Å². The minimum atomic E-state index is 0.690. The van der Waals surface area contributed by atoms with Crippen molar-refractivity contribution in [1.82, 2.24) is 4.90 Å². The van der Waals surface area contributed by atoms with Crippen molar-refractivity contribution in [1.29, 1.82) is 0 Å². The van der Waals surface area contributed by atoms with Gasteiger partial charge in [0.05, 0.1) is 7.11 Å². The first-order chi connectivity index (χ1) is 9.11. The topological polar surface area (TPSA) is 38.5 Å². The summed E-state index contributed by atoms with van der Waals surface area (Å²) in [4.78, 5) is 2.46. The van der Waals surface area contributed by atoms with Gasteiger partial charge in [0.15, 0.2) is 0 Å². The zero-order chi connectivity index (χ0) is 13.8. The fourth-order valence-corrected chi connectivity index (χ4v) is 3.18. The molecule has 2 unspecified atom stereocenters. The maximum atomic E-state index is 6.10. The Morgan fingerprint density at radius 3 is 2.68 bits per heavy atom. The van der Waals surface area contributed by atoms with Gasteiger partial charge in [0, 0.05) is 24.3 Å². The summed E-state index contributed by atoms with van der Waals surface area (Å²) in [7, 11) is 3.89.